The standard InChI is InChI=1S/C14H16Br2N2O/c1-9-14(16)13(18(2)17-9)7-10(8-19)11-5-3-4-6-12(11)15/h3-6,10,19H,7-8H2,1-2H3. The number of hydrogen-bond acceptors (Lipinski definition) is 2. The summed E-state index contributed by atoms with van der Waals surface area (Å²) in [6.45, 7) is 2.08. The summed E-state index contributed by atoms with van der Waals surface area (Å²) in [5.74, 6) is 0.0571. The van der Waals surface area contributed by atoms with E-state index in [4.69, 9.17) is 0 Å². The van der Waals surface area contributed by atoms with Gasteiger partial charge in [0.05, 0.1) is 22.5 Å². The molecule has 2 aromatic rings. The fraction of sp³-hybridized carbons (Fsp3) is 0.357. The van der Waals surface area contributed by atoms with Crippen LogP contribution in [0.4, 0.5) is 0 Å². The van der Waals surface area contributed by atoms with Crippen molar-refractivity contribution < 1.29 is 5.11 Å². The Morgan fingerprint density at radius 2 is 2.00 bits per heavy atom. The highest BCUT2D eigenvalue weighted by Crippen LogP contribution is 2.30. The molecule has 2 rings (SSSR count). The van der Waals surface area contributed by atoms with Crippen molar-refractivity contribution in [3.8, 4) is 0 Å². The van der Waals surface area contributed by atoms with E-state index in [1.54, 1.807) is 0 Å². The minimum absolute atomic E-state index is 0.0571. The molecule has 1 aromatic carbocycles. The highest BCUT2D eigenvalue weighted by atomic mass is 79.9. The minimum atomic E-state index is 0.0571. The molecule has 0 bridgehead atoms. The first-order chi connectivity index (χ1) is 9.04. The van der Waals surface area contributed by atoms with E-state index in [2.05, 4.69) is 37.0 Å². The van der Waals surface area contributed by atoms with Gasteiger partial charge in [0.25, 0.3) is 0 Å². The van der Waals surface area contributed by atoms with Crippen LogP contribution in [0.1, 0.15) is 22.9 Å². The minimum Gasteiger partial charge on any atom is -0.396 e. The summed E-state index contributed by atoms with van der Waals surface area (Å²) in [5.41, 5.74) is 3.20. The third-order valence-electron chi connectivity index (χ3n) is 3.27. The molecule has 0 radical (unpaired) electrons. The van der Waals surface area contributed by atoms with Crippen molar-refractivity contribution in [3.05, 3.63) is 50.2 Å². The highest BCUT2D eigenvalue weighted by Gasteiger charge is 2.19. The van der Waals surface area contributed by atoms with Crippen molar-refractivity contribution in [2.45, 2.75) is 19.3 Å². The monoisotopic (exact) mass is 386 g/mol. The molecular formula is C14H16Br2N2O. The van der Waals surface area contributed by atoms with Crippen LogP contribution in [0.25, 0.3) is 0 Å². The first-order valence-corrected chi connectivity index (χ1v) is 7.66. The van der Waals surface area contributed by atoms with Crippen molar-refractivity contribution >= 4 is 31.9 Å². The Morgan fingerprint density at radius 3 is 2.53 bits per heavy atom. The van der Waals surface area contributed by atoms with Gasteiger partial charge in [-0.3, -0.25) is 4.68 Å². The molecule has 1 heterocycles. The van der Waals surface area contributed by atoms with E-state index in [0.29, 0.717) is 0 Å². The SMILES string of the molecule is Cc1nn(C)c(CC(CO)c2ccccc2Br)c1Br. The molecule has 0 aliphatic heterocycles. The zero-order valence-corrected chi connectivity index (χ0v) is 14.1. The predicted octanol–water partition coefficient (Wildman–Crippen LogP) is 3.57. The molecule has 1 N–H and O–H groups in total. The molecule has 0 spiro atoms. The van der Waals surface area contributed by atoms with E-state index in [0.717, 1.165) is 32.3 Å². The molecule has 5 heteroatoms. The lowest BCUT2D eigenvalue weighted by Crippen LogP contribution is -2.11. The molecule has 1 atom stereocenters. The van der Waals surface area contributed by atoms with Crippen molar-refractivity contribution in [2.75, 3.05) is 6.61 Å². The van der Waals surface area contributed by atoms with E-state index >= 15 is 0 Å². The van der Waals surface area contributed by atoms with E-state index in [1.165, 1.54) is 0 Å². The van der Waals surface area contributed by atoms with Crippen LogP contribution >= 0.6 is 31.9 Å². The molecule has 19 heavy (non-hydrogen) atoms. The van der Waals surface area contributed by atoms with Crippen LogP contribution in [-0.4, -0.2) is 21.5 Å². The number of aromatic nitrogens is 2. The number of benzene rings is 1. The van der Waals surface area contributed by atoms with Gasteiger partial charge >= 0.3 is 0 Å². The van der Waals surface area contributed by atoms with E-state index in [-0.39, 0.29) is 12.5 Å². The van der Waals surface area contributed by atoms with Gasteiger partial charge in [-0.1, -0.05) is 34.1 Å². The molecule has 0 aliphatic carbocycles. The Morgan fingerprint density at radius 1 is 1.32 bits per heavy atom. The van der Waals surface area contributed by atoms with Gasteiger partial charge in [0.15, 0.2) is 0 Å². The van der Waals surface area contributed by atoms with Crippen molar-refractivity contribution in [2.24, 2.45) is 7.05 Å². The molecule has 0 fully saturated rings. The normalized spacial score (nSPS) is 12.7. The Hall–Kier alpha value is -0.650. The van der Waals surface area contributed by atoms with Crippen LogP contribution in [0.2, 0.25) is 0 Å². The quantitative estimate of drug-likeness (QED) is 0.870. The number of halogens is 2. The predicted molar refractivity (Wildman–Crippen MR) is 83.3 cm³/mol. The lowest BCUT2D eigenvalue weighted by molar-refractivity contribution is 0.262. The summed E-state index contributed by atoms with van der Waals surface area (Å²) in [6, 6.07) is 8.02. The number of aryl methyl sites for hydroxylation is 2. The number of aliphatic hydroxyl groups is 1. The number of aliphatic hydroxyl groups excluding tert-OH is 1. The lowest BCUT2D eigenvalue weighted by atomic mass is 9.95. The summed E-state index contributed by atoms with van der Waals surface area (Å²) in [4.78, 5) is 0. The van der Waals surface area contributed by atoms with Gasteiger partial charge in [0, 0.05) is 17.4 Å². The smallest absolute Gasteiger partial charge is 0.0738 e. The van der Waals surface area contributed by atoms with Gasteiger partial charge in [0.2, 0.25) is 0 Å². The van der Waals surface area contributed by atoms with Crippen molar-refractivity contribution in [1.82, 2.24) is 9.78 Å². The molecular weight excluding hydrogens is 372 g/mol. The maximum atomic E-state index is 9.69. The van der Waals surface area contributed by atoms with Crippen LogP contribution < -0.4 is 0 Å². The Kier molecular flexibility index (Phi) is 4.81. The molecule has 102 valence electrons. The molecule has 1 unspecified atom stereocenters. The van der Waals surface area contributed by atoms with Crippen LogP contribution in [0.15, 0.2) is 33.2 Å². The van der Waals surface area contributed by atoms with Crippen LogP contribution in [0.3, 0.4) is 0 Å². The van der Waals surface area contributed by atoms with Gasteiger partial charge in [-0.25, -0.2) is 0 Å². The van der Waals surface area contributed by atoms with Crippen LogP contribution in [-0.2, 0) is 13.5 Å². The first kappa shape index (κ1) is 14.8. The second-order valence-corrected chi connectivity index (χ2v) is 6.22. The molecule has 0 saturated carbocycles. The first-order valence-electron chi connectivity index (χ1n) is 6.07. The summed E-state index contributed by atoms with van der Waals surface area (Å²) >= 11 is 7.12. The van der Waals surface area contributed by atoms with E-state index < -0.39 is 0 Å². The molecule has 0 aliphatic rings. The fourth-order valence-corrected chi connectivity index (χ4v) is 3.32. The Labute approximate surface area is 129 Å². The largest absolute Gasteiger partial charge is 0.396 e. The third-order valence-corrected chi connectivity index (χ3v) is 5.02. The summed E-state index contributed by atoms with van der Waals surface area (Å²) in [6.07, 6.45) is 0.747. The average molecular weight is 388 g/mol. The topological polar surface area (TPSA) is 38.0 Å². The second-order valence-electron chi connectivity index (χ2n) is 4.57. The molecule has 1 aromatic heterocycles. The zero-order valence-electron chi connectivity index (χ0n) is 10.9. The van der Waals surface area contributed by atoms with Gasteiger partial charge in [-0.05, 0) is 40.9 Å². The highest BCUT2D eigenvalue weighted by molar-refractivity contribution is 9.10. The number of nitrogens with zero attached hydrogens (tertiary/aromatic N) is 2. The van der Waals surface area contributed by atoms with Gasteiger partial charge in [0.1, 0.15) is 0 Å². The second kappa shape index (κ2) is 6.20. The summed E-state index contributed by atoms with van der Waals surface area (Å²) in [5, 5.41) is 14.1. The number of hydrogen-bond donors (Lipinski definition) is 1. The van der Waals surface area contributed by atoms with E-state index in [9.17, 15) is 5.11 Å². The van der Waals surface area contributed by atoms with Gasteiger partial charge < -0.3 is 5.11 Å². The van der Waals surface area contributed by atoms with Crippen LogP contribution in [0, 0.1) is 6.92 Å². The molecule has 0 amide bonds. The fourth-order valence-electron chi connectivity index (χ4n) is 2.21. The van der Waals surface area contributed by atoms with Crippen LogP contribution in [0.5, 0.6) is 0 Å². The third kappa shape index (κ3) is 3.09. The van der Waals surface area contributed by atoms with Gasteiger partial charge in [-0.2, -0.15) is 5.10 Å². The Balaban J connectivity index is 2.32. The number of rotatable bonds is 4. The van der Waals surface area contributed by atoms with Crippen molar-refractivity contribution in [1.29, 1.82) is 0 Å². The molecule has 3 nitrogen and oxygen atoms in total. The average Bonchev–Trinajstić information content (AvgIpc) is 2.63. The summed E-state index contributed by atoms with van der Waals surface area (Å²) in [7, 11) is 1.93. The van der Waals surface area contributed by atoms with Crippen molar-refractivity contribution in [3.63, 3.8) is 0 Å². The maximum absolute atomic E-state index is 9.69. The van der Waals surface area contributed by atoms with E-state index in [1.807, 2.05) is 42.9 Å². The Bertz CT molecular complexity index is 581. The summed E-state index contributed by atoms with van der Waals surface area (Å²) < 4.78 is 3.93. The maximum Gasteiger partial charge on any atom is 0.0738 e. The van der Waals surface area contributed by atoms with Gasteiger partial charge in [-0.15, -0.1) is 0 Å². The molecule has 0 saturated heterocycles. The zero-order chi connectivity index (χ0) is 14.0. The lowest BCUT2D eigenvalue weighted by Gasteiger charge is -2.16.